The van der Waals surface area contributed by atoms with Crippen molar-refractivity contribution in [3.05, 3.63) is 48.5 Å². The molecule has 0 spiro atoms. The topological polar surface area (TPSA) is 106 Å². The van der Waals surface area contributed by atoms with E-state index in [4.69, 9.17) is 14.2 Å². The van der Waals surface area contributed by atoms with Crippen molar-refractivity contribution in [2.75, 3.05) is 44.9 Å². The van der Waals surface area contributed by atoms with E-state index in [2.05, 4.69) is 21.5 Å². The molecule has 1 fully saturated rings. The Morgan fingerprint density at radius 3 is 2.54 bits per heavy atom. The summed E-state index contributed by atoms with van der Waals surface area (Å²) in [6, 6.07) is 3.66. The van der Waals surface area contributed by atoms with Crippen LogP contribution in [-0.2, 0) is 14.3 Å². The quantitative estimate of drug-likeness (QED) is 0.408. The van der Waals surface area contributed by atoms with Crippen LogP contribution in [0.3, 0.4) is 0 Å². The van der Waals surface area contributed by atoms with Gasteiger partial charge in [0.25, 0.3) is 0 Å². The van der Waals surface area contributed by atoms with Gasteiger partial charge in [-0.15, -0.1) is 0 Å². The van der Waals surface area contributed by atoms with Crippen LogP contribution in [0, 0.1) is 0 Å². The Morgan fingerprint density at radius 1 is 1.22 bits per heavy atom. The fourth-order valence-corrected chi connectivity index (χ4v) is 3.62. The molecule has 1 aliphatic rings. The number of hydrogen-bond donors (Lipinski definition) is 0. The number of ether oxygens (including phenoxy) is 3. The van der Waals surface area contributed by atoms with Crippen LogP contribution < -0.4 is 9.64 Å². The van der Waals surface area contributed by atoms with Crippen LogP contribution in [0.5, 0.6) is 5.75 Å². The van der Waals surface area contributed by atoms with Crippen LogP contribution in [0.2, 0.25) is 0 Å². The first-order chi connectivity index (χ1) is 17.5. The molecule has 198 valence electrons. The molecule has 10 heteroatoms. The molecule has 1 aromatic carbocycles. The molecule has 1 saturated heterocycles. The van der Waals surface area contributed by atoms with Gasteiger partial charge in [-0.3, -0.25) is 14.7 Å². The molecule has 0 saturated carbocycles. The van der Waals surface area contributed by atoms with Gasteiger partial charge in [-0.25, -0.2) is 14.8 Å². The Hall–Kier alpha value is -3.79. The van der Waals surface area contributed by atoms with Crippen LogP contribution in [0.4, 0.5) is 10.6 Å². The lowest BCUT2D eigenvalue weighted by molar-refractivity contribution is -0.133. The van der Waals surface area contributed by atoms with Crippen LogP contribution in [0.1, 0.15) is 40.2 Å². The second-order valence-electron chi connectivity index (χ2n) is 9.62. The molecule has 0 radical (unpaired) electrons. The highest BCUT2D eigenvalue weighted by Gasteiger charge is 2.30. The zero-order chi connectivity index (χ0) is 27.2. The number of nitrogens with zero attached hydrogens (tertiary/aromatic N) is 5. The number of methoxy groups -OCH3 is 1. The minimum absolute atomic E-state index is 0.230. The second kappa shape index (κ2) is 12.0. The molecule has 0 N–H and O–H groups in total. The Kier molecular flexibility index (Phi) is 8.99. The molecule has 2 heterocycles. The van der Waals surface area contributed by atoms with Gasteiger partial charge in [-0.05, 0) is 52.3 Å². The number of rotatable bonds is 7. The zero-order valence-electron chi connectivity index (χ0n) is 22.4. The van der Waals surface area contributed by atoms with Gasteiger partial charge in [-0.1, -0.05) is 12.7 Å². The summed E-state index contributed by atoms with van der Waals surface area (Å²) in [6.45, 7) is 14.4. The number of carbonyl (C=O) groups excluding carboxylic acids is 2. The van der Waals surface area contributed by atoms with Gasteiger partial charge in [0, 0.05) is 36.0 Å². The average molecular weight is 510 g/mol. The van der Waals surface area contributed by atoms with Gasteiger partial charge in [0.05, 0.1) is 20.3 Å². The van der Waals surface area contributed by atoms with Crippen molar-refractivity contribution in [1.82, 2.24) is 14.9 Å². The number of aromatic nitrogens is 2. The van der Waals surface area contributed by atoms with Crippen LogP contribution in [0.15, 0.2) is 47.9 Å². The summed E-state index contributed by atoms with van der Waals surface area (Å²) >= 11 is 0. The highest BCUT2D eigenvalue weighted by Crippen LogP contribution is 2.32. The van der Waals surface area contributed by atoms with Crippen molar-refractivity contribution < 1.29 is 23.8 Å². The Morgan fingerprint density at radius 2 is 1.92 bits per heavy atom. The van der Waals surface area contributed by atoms with E-state index in [9.17, 15) is 9.59 Å². The fourth-order valence-electron chi connectivity index (χ4n) is 3.62. The van der Waals surface area contributed by atoms with Crippen molar-refractivity contribution in [1.29, 1.82) is 0 Å². The first-order valence-electron chi connectivity index (χ1n) is 12.1. The highest BCUT2D eigenvalue weighted by atomic mass is 16.6. The van der Waals surface area contributed by atoms with E-state index in [-0.39, 0.29) is 18.3 Å². The fraction of sp³-hybridized carbons (Fsp3) is 0.444. The van der Waals surface area contributed by atoms with E-state index in [0.717, 1.165) is 11.1 Å². The summed E-state index contributed by atoms with van der Waals surface area (Å²) in [5.74, 6) is 0.497. The second-order valence-corrected chi connectivity index (χ2v) is 9.62. The third-order valence-electron chi connectivity index (χ3n) is 5.63. The molecule has 2 amide bonds. The largest absolute Gasteiger partial charge is 0.494 e. The summed E-state index contributed by atoms with van der Waals surface area (Å²) in [5.41, 5.74) is 2.09. The average Bonchev–Trinajstić information content (AvgIpc) is 2.88. The van der Waals surface area contributed by atoms with Crippen molar-refractivity contribution in [3.63, 3.8) is 0 Å². The standard InChI is InChI=1S/C27H35N5O5/c1-8-18(2)15-28-19(3)20-13-21-24(22(14-20)35-7)29-17-30-25(21)32(26(34)37-27(4,5)6)16-23(33)31-9-11-36-12-10-31/h8,13-15,17H,1,9-12,16H2,2-7H3/b18-15-,28-19?. The number of amides is 2. The number of morpholine rings is 1. The molecule has 37 heavy (non-hydrogen) atoms. The van der Waals surface area contributed by atoms with E-state index < -0.39 is 11.7 Å². The molecule has 0 aliphatic carbocycles. The van der Waals surface area contributed by atoms with Crippen LogP contribution >= 0.6 is 0 Å². The highest BCUT2D eigenvalue weighted by molar-refractivity contribution is 6.08. The summed E-state index contributed by atoms with van der Waals surface area (Å²) in [6.07, 6.45) is 4.09. The van der Waals surface area contributed by atoms with Gasteiger partial charge < -0.3 is 19.1 Å². The molecule has 2 aromatic rings. The summed E-state index contributed by atoms with van der Waals surface area (Å²) in [7, 11) is 1.54. The summed E-state index contributed by atoms with van der Waals surface area (Å²) in [5, 5.41) is 0.524. The van der Waals surface area contributed by atoms with E-state index in [0.29, 0.717) is 48.7 Å². The number of fused-ring (bicyclic) bond motifs is 1. The molecule has 0 atom stereocenters. The Labute approximate surface area is 217 Å². The molecule has 3 rings (SSSR count). The lowest BCUT2D eigenvalue weighted by atomic mass is 10.1. The minimum atomic E-state index is -0.776. The maximum absolute atomic E-state index is 13.4. The van der Waals surface area contributed by atoms with Gasteiger partial charge in [0.15, 0.2) is 0 Å². The monoisotopic (exact) mass is 509 g/mol. The van der Waals surface area contributed by atoms with Crippen molar-refractivity contribution in [2.24, 2.45) is 4.99 Å². The van der Waals surface area contributed by atoms with E-state index in [1.54, 1.807) is 45.1 Å². The number of carbonyl (C=O) groups is 2. The van der Waals surface area contributed by atoms with E-state index >= 15 is 0 Å². The Balaban J connectivity index is 2.14. The van der Waals surface area contributed by atoms with E-state index in [1.807, 2.05) is 26.0 Å². The first kappa shape index (κ1) is 27.8. The van der Waals surface area contributed by atoms with E-state index in [1.165, 1.54) is 11.2 Å². The van der Waals surface area contributed by atoms with Crippen LogP contribution in [-0.4, -0.2) is 78.1 Å². The molecule has 1 aliphatic heterocycles. The maximum atomic E-state index is 13.4. The molecular formula is C27H35N5O5. The smallest absolute Gasteiger partial charge is 0.416 e. The lowest BCUT2D eigenvalue weighted by Crippen LogP contribution is -2.48. The SMILES string of the molecule is C=C/C(C)=C\N=C(C)c1cc(OC)c2ncnc(N(CC(=O)N3CCOCC3)C(=O)OC(C)(C)C)c2c1. The number of aliphatic imine (C=N–C) groups is 1. The third kappa shape index (κ3) is 7.13. The normalized spacial score (nSPS) is 14.9. The Bertz CT molecular complexity index is 1230. The van der Waals surface area contributed by atoms with Crippen LogP contribution in [0.25, 0.3) is 10.9 Å². The predicted molar refractivity (Wildman–Crippen MR) is 143 cm³/mol. The van der Waals surface area contributed by atoms with Gasteiger partial charge in [0.2, 0.25) is 5.91 Å². The third-order valence-corrected chi connectivity index (χ3v) is 5.63. The van der Waals surface area contributed by atoms with Crippen molar-refractivity contribution >= 4 is 34.4 Å². The number of benzene rings is 1. The molecule has 0 unspecified atom stereocenters. The first-order valence-corrected chi connectivity index (χ1v) is 12.1. The molecular weight excluding hydrogens is 474 g/mol. The molecule has 10 nitrogen and oxygen atoms in total. The number of anilines is 1. The minimum Gasteiger partial charge on any atom is -0.494 e. The maximum Gasteiger partial charge on any atom is 0.416 e. The molecule has 1 aromatic heterocycles. The zero-order valence-corrected chi connectivity index (χ0v) is 22.4. The van der Waals surface area contributed by atoms with Crippen molar-refractivity contribution in [2.45, 2.75) is 40.2 Å². The predicted octanol–water partition coefficient (Wildman–Crippen LogP) is 4.14. The van der Waals surface area contributed by atoms with Gasteiger partial charge in [-0.2, -0.15) is 0 Å². The number of hydrogen-bond acceptors (Lipinski definition) is 8. The van der Waals surface area contributed by atoms with Crippen molar-refractivity contribution in [3.8, 4) is 5.75 Å². The lowest BCUT2D eigenvalue weighted by Gasteiger charge is -2.31. The summed E-state index contributed by atoms with van der Waals surface area (Å²) < 4.78 is 16.6. The molecule has 0 bridgehead atoms. The van der Waals surface area contributed by atoms with Gasteiger partial charge in [0.1, 0.15) is 35.6 Å². The number of allylic oxidation sites excluding steroid dienone is 2. The summed E-state index contributed by atoms with van der Waals surface area (Å²) in [4.78, 5) is 42.8. The van der Waals surface area contributed by atoms with Gasteiger partial charge >= 0.3 is 6.09 Å².